The Bertz CT molecular complexity index is 140. The minimum Gasteiger partial charge on any atom is -0.309 e. The van der Waals surface area contributed by atoms with E-state index < -0.39 is 0 Å². The normalized spacial score (nSPS) is 21.5. The van der Waals surface area contributed by atoms with Crippen molar-refractivity contribution in [3.63, 3.8) is 0 Å². The van der Waals surface area contributed by atoms with E-state index in [1.807, 2.05) is 0 Å². The molecule has 1 unspecified atom stereocenters. The number of hydrogen-bond acceptors (Lipinski definition) is 1. The molecule has 0 saturated heterocycles. The molecule has 1 saturated carbocycles. The topological polar surface area (TPSA) is 12.0 Å². The molecule has 0 spiro atoms. The molecule has 1 aliphatic rings. The highest BCUT2D eigenvalue weighted by molar-refractivity contribution is 4.91. The van der Waals surface area contributed by atoms with Gasteiger partial charge in [-0.1, -0.05) is 33.1 Å². The van der Waals surface area contributed by atoms with E-state index in [1.165, 1.54) is 44.9 Å². The van der Waals surface area contributed by atoms with Crippen molar-refractivity contribution in [1.29, 1.82) is 0 Å². The third kappa shape index (κ3) is 4.12. The highest BCUT2D eigenvalue weighted by atomic mass is 15.0. The molecule has 1 fully saturated rings. The molecule has 78 valence electrons. The summed E-state index contributed by atoms with van der Waals surface area (Å²) in [5.74, 6) is 0. The lowest BCUT2D eigenvalue weighted by molar-refractivity contribution is 0.305. The van der Waals surface area contributed by atoms with E-state index in [0.29, 0.717) is 5.54 Å². The van der Waals surface area contributed by atoms with Crippen LogP contribution < -0.4 is 5.32 Å². The maximum atomic E-state index is 3.78. The first-order chi connectivity index (χ1) is 6.20. The average Bonchev–Trinajstić information content (AvgIpc) is 2.89. The Morgan fingerprint density at radius 3 is 2.38 bits per heavy atom. The van der Waals surface area contributed by atoms with Gasteiger partial charge in [0.2, 0.25) is 0 Å². The molecule has 13 heavy (non-hydrogen) atoms. The van der Waals surface area contributed by atoms with Crippen LogP contribution in [-0.2, 0) is 0 Å². The summed E-state index contributed by atoms with van der Waals surface area (Å²) in [4.78, 5) is 0. The van der Waals surface area contributed by atoms with E-state index in [-0.39, 0.29) is 0 Å². The van der Waals surface area contributed by atoms with Crippen molar-refractivity contribution in [3.8, 4) is 0 Å². The van der Waals surface area contributed by atoms with Crippen LogP contribution in [0, 0.1) is 0 Å². The van der Waals surface area contributed by atoms with Gasteiger partial charge < -0.3 is 5.32 Å². The zero-order valence-corrected chi connectivity index (χ0v) is 9.53. The monoisotopic (exact) mass is 183 g/mol. The van der Waals surface area contributed by atoms with E-state index in [2.05, 4.69) is 26.1 Å². The van der Waals surface area contributed by atoms with Crippen molar-refractivity contribution in [2.24, 2.45) is 0 Å². The summed E-state index contributed by atoms with van der Waals surface area (Å²) < 4.78 is 0. The van der Waals surface area contributed by atoms with Gasteiger partial charge in [0.15, 0.2) is 0 Å². The Hall–Kier alpha value is -0.0400. The first-order valence-electron chi connectivity index (χ1n) is 5.98. The fraction of sp³-hybridized carbons (Fsp3) is 1.00. The highest BCUT2D eigenvalue weighted by Crippen LogP contribution is 2.27. The molecule has 0 aromatic heterocycles. The molecule has 1 rings (SSSR count). The third-order valence-electron chi connectivity index (χ3n) is 3.24. The predicted molar refractivity (Wildman–Crippen MR) is 59.0 cm³/mol. The fourth-order valence-corrected chi connectivity index (χ4v) is 1.84. The lowest BCUT2D eigenvalue weighted by atomic mass is 9.91. The summed E-state index contributed by atoms with van der Waals surface area (Å²) in [6.07, 6.45) is 9.56. The minimum absolute atomic E-state index is 0.427. The largest absolute Gasteiger partial charge is 0.309 e. The molecular formula is C12H25N. The molecule has 0 heterocycles. The second-order valence-corrected chi connectivity index (χ2v) is 4.79. The Morgan fingerprint density at radius 1 is 1.23 bits per heavy atom. The van der Waals surface area contributed by atoms with Crippen LogP contribution >= 0.6 is 0 Å². The van der Waals surface area contributed by atoms with Crippen molar-refractivity contribution < 1.29 is 0 Å². The molecule has 1 heteroatoms. The van der Waals surface area contributed by atoms with E-state index >= 15 is 0 Å². The molecule has 1 N–H and O–H groups in total. The number of unbranched alkanes of at least 4 members (excludes halogenated alkanes) is 2. The van der Waals surface area contributed by atoms with Crippen molar-refractivity contribution >= 4 is 0 Å². The lowest BCUT2D eigenvalue weighted by Crippen LogP contribution is -2.43. The molecule has 1 nitrogen and oxygen atoms in total. The van der Waals surface area contributed by atoms with Crippen LogP contribution in [-0.4, -0.2) is 11.6 Å². The van der Waals surface area contributed by atoms with Crippen LogP contribution in [0.1, 0.15) is 65.7 Å². The minimum atomic E-state index is 0.427. The van der Waals surface area contributed by atoms with Gasteiger partial charge in [0.05, 0.1) is 0 Å². The molecule has 0 radical (unpaired) electrons. The average molecular weight is 183 g/mol. The Labute approximate surface area is 83.3 Å². The molecule has 0 bridgehead atoms. The van der Waals surface area contributed by atoms with Crippen molar-refractivity contribution in [2.75, 3.05) is 0 Å². The second kappa shape index (κ2) is 4.99. The van der Waals surface area contributed by atoms with Crippen LogP contribution in [0.2, 0.25) is 0 Å². The molecular weight excluding hydrogens is 158 g/mol. The number of hydrogen-bond donors (Lipinski definition) is 1. The summed E-state index contributed by atoms with van der Waals surface area (Å²) in [5.41, 5.74) is 0.427. The maximum Gasteiger partial charge on any atom is 0.0153 e. The van der Waals surface area contributed by atoms with Crippen LogP contribution in [0.4, 0.5) is 0 Å². The molecule has 1 aliphatic carbocycles. The van der Waals surface area contributed by atoms with Gasteiger partial charge in [-0.3, -0.25) is 0 Å². The SMILES string of the molecule is CCCCCC(C)(CC)NC1CC1. The Morgan fingerprint density at radius 2 is 1.92 bits per heavy atom. The van der Waals surface area contributed by atoms with Gasteiger partial charge in [0, 0.05) is 11.6 Å². The second-order valence-electron chi connectivity index (χ2n) is 4.79. The summed E-state index contributed by atoms with van der Waals surface area (Å²) in [7, 11) is 0. The summed E-state index contributed by atoms with van der Waals surface area (Å²) >= 11 is 0. The molecule has 0 amide bonds. The zero-order valence-electron chi connectivity index (χ0n) is 9.53. The van der Waals surface area contributed by atoms with E-state index in [4.69, 9.17) is 0 Å². The summed E-state index contributed by atoms with van der Waals surface area (Å²) in [5, 5.41) is 3.78. The maximum absolute atomic E-state index is 3.78. The van der Waals surface area contributed by atoms with Gasteiger partial charge in [-0.2, -0.15) is 0 Å². The van der Waals surface area contributed by atoms with E-state index in [1.54, 1.807) is 0 Å². The Kier molecular flexibility index (Phi) is 4.24. The standard InChI is InChI=1S/C12H25N/c1-4-6-7-10-12(3,5-2)13-11-8-9-11/h11,13H,4-10H2,1-3H3. The van der Waals surface area contributed by atoms with Gasteiger partial charge in [0.25, 0.3) is 0 Å². The van der Waals surface area contributed by atoms with Crippen LogP contribution in [0.5, 0.6) is 0 Å². The smallest absolute Gasteiger partial charge is 0.0153 e. The van der Waals surface area contributed by atoms with Gasteiger partial charge >= 0.3 is 0 Å². The number of nitrogens with one attached hydrogen (secondary N) is 1. The molecule has 0 aromatic carbocycles. The third-order valence-corrected chi connectivity index (χ3v) is 3.24. The number of rotatable bonds is 7. The van der Waals surface area contributed by atoms with E-state index in [9.17, 15) is 0 Å². The van der Waals surface area contributed by atoms with Crippen LogP contribution in [0.15, 0.2) is 0 Å². The summed E-state index contributed by atoms with van der Waals surface area (Å²) in [6.45, 7) is 6.97. The lowest BCUT2D eigenvalue weighted by Gasteiger charge is -2.30. The Balaban J connectivity index is 2.20. The van der Waals surface area contributed by atoms with Gasteiger partial charge in [-0.15, -0.1) is 0 Å². The predicted octanol–water partition coefficient (Wildman–Crippen LogP) is 3.49. The first-order valence-corrected chi connectivity index (χ1v) is 5.98. The molecule has 1 atom stereocenters. The van der Waals surface area contributed by atoms with Gasteiger partial charge in [0.1, 0.15) is 0 Å². The van der Waals surface area contributed by atoms with Crippen molar-refractivity contribution in [2.45, 2.75) is 77.3 Å². The molecule has 0 aromatic rings. The van der Waals surface area contributed by atoms with Gasteiger partial charge in [-0.05, 0) is 32.6 Å². The highest BCUT2D eigenvalue weighted by Gasteiger charge is 2.30. The van der Waals surface area contributed by atoms with Gasteiger partial charge in [-0.25, -0.2) is 0 Å². The van der Waals surface area contributed by atoms with Crippen molar-refractivity contribution in [1.82, 2.24) is 5.32 Å². The van der Waals surface area contributed by atoms with Crippen LogP contribution in [0.3, 0.4) is 0 Å². The quantitative estimate of drug-likeness (QED) is 0.596. The van der Waals surface area contributed by atoms with Crippen molar-refractivity contribution in [3.05, 3.63) is 0 Å². The summed E-state index contributed by atoms with van der Waals surface area (Å²) in [6, 6.07) is 0.853. The zero-order chi connectivity index (χ0) is 9.73. The first kappa shape index (κ1) is 11.0. The fourth-order valence-electron chi connectivity index (χ4n) is 1.84. The molecule has 0 aliphatic heterocycles. The van der Waals surface area contributed by atoms with Crippen LogP contribution in [0.25, 0.3) is 0 Å². The van der Waals surface area contributed by atoms with E-state index in [0.717, 1.165) is 6.04 Å².